The van der Waals surface area contributed by atoms with E-state index in [4.69, 9.17) is 4.74 Å². The molecule has 138 valence electrons. The smallest absolute Gasteiger partial charge is 0.277 e. The molecular weight excluding hydrogens is 340 g/mol. The Bertz CT molecular complexity index is 882. The van der Waals surface area contributed by atoms with E-state index >= 15 is 0 Å². The number of nitrogens with one attached hydrogen (secondary N) is 1. The zero-order valence-electron chi connectivity index (χ0n) is 15.4. The van der Waals surface area contributed by atoms with Crippen LogP contribution in [0.5, 0.6) is 5.75 Å². The first kappa shape index (κ1) is 18.4. The van der Waals surface area contributed by atoms with Gasteiger partial charge in [0.05, 0.1) is 6.61 Å². The van der Waals surface area contributed by atoms with Crippen LogP contribution in [0.25, 0.3) is 0 Å². The van der Waals surface area contributed by atoms with E-state index in [0.717, 1.165) is 17.1 Å². The van der Waals surface area contributed by atoms with Gasteiger partial charge in [0.15, 0.2) is 0 Å². The molecule has 2 aromatic carbocycles. The summed E-state index contributed by atoms with van der Waals surface area (Å²) in [5.74, 6) is 1.00. The topological polar surface area (TPSA) is 67.3 Å². The van der Waals surface area contributed by atoms with Crippen molar-refractivity contribution in [2.24, 2.45) is 0 Å². The van der Waals surface area contributed by atoms with E-state index in [1.165, 1.54) is 0 Å². The lowest BCUT2D eigenvalue weighted by Crippen LogP contribution is -2.31. The summed E-state index contributed by atoms with van der Waals surface area (Å²) in [6.07, 6.45) is 1.58. The van der Waals surface area contributed by atoms with Crippen LogP contribution in [0, 0.1) is 0 Å². The predicted octanol–water partition coefficient (Wildman–Crippen LogP) is 4.29. The number of carbonyl (C=O) groups excluding carboxylic acids is 1. The van der Waals surface area contributed by atoms with E-state index in [9.17, 15) is 4.79 Å². The molecule has 0 radical (unpaired) electrons. The Morgan fingerprint density at radius 3 is 2.44 bits per heavy atom. The van der Waals surface area contributed by atoms with E-state index < -0.39 is 0 Å². The standard InChI is InChI=1S/C21H22N4O2/c1-3-25(17-8-6-5-7-9-17)20(26)19-14-15-22-21(24-19)23-16-10-12-18(13-11-16)27-4-2/h5-15H,3-4H2,1-2H3,(H,22,23,24). The monoisotopic (exact) mass is 362 g/mol. The number of carbonyl (C=O) groups is 1. The molecule has 0 aliphatic rings. The fourth-order valence-corrected chi connectivity index (χ4v) is 2.66. The lowest BCUT2D eigenvalue weighted by Gasteiger charge is -2.20. The summed E-state index contributed by atoms with van der Waals surface area (Å²) in [4.78, 5) is 23.2. The van der Waals surface area contributed by atoms with Crippen LogP contribution in [0.4, 0.5) is 17.3 Å². The number of aromatic nitrogens is 2. The first-order valence-corrected chi connectivity index (χ1v) is 8.91. The molecule has 27 heavy (non-hydrogen) atoms. The average molecular weight is 362 g/mol. The minimum atomic E-state index is -0.166. The molecule has 0 saturated carbocycles. The van der Waals surface area contributed by atoms with Gasteiger partial charge in [0.25, 0.3) is 5.91 Å². The van der Waals surface area contributed by atoms with Gasteiger partial charge in [0.1, 0.15) is 11.4 Å². The minimum absolute atomic E-state index is 0.166. The van der Waals surface area contributed by atoms with Gasteiger partial charge < -0.3 is 15.0 Å². The average Bonchev–Trinajstić information content (AvgIpc) is 2.71. The number of para-hydroxylation sites is 1. The number of hydrogen-bond donors (Lipinski definition) is 1. The van der Waals surface area contributed by atoms with Gasteiger partial charge in [-0.05, 0) is 56.3 Å². The summed E-state index contributed by atoms with van der Waals surface area (Å²) in [5.41, 5.74) is 1.99. The number of hydrogen-bond acceptors (Lipinski definition) is 5. The molecule has 1 heterocycles. The zero-order chi connectivity index (χ0) is 19.1. The van der Waals surface area contributed by atoms with Crippen molar-refractivity contribution in [3.63, 3.8) is 0 Å². The second kappa shape index (κ2) is 8.80. The lowest BCUT2D eigenvalue weighted by molar-refractivity contribution is 0.0983. The molecule has 0 unspecified atom stereocenters. The third kappa shape index (κ3) is 4.61. The van der Waals surface area contributed by atoms with Gasteiger partial charge in [0, 0.05) is 24.1 Å². The largest absolute Gasteiger partial charge is 0.494 e. The van der Waals surface area contributed by atoms with Crippen molar-refractivity contribution < 1.29 is 9.53 Å². The molecule has 0 aliphatic carbocycles. The fraction of sp³-hybridized carbons (Fsp3) is 0.190. The maximum absolute atomic E-state index is 12.9. The molecule has 0 atom stereocenters. The Morgan fingerprint density at radius 2 is 1.78 bits per heavy atom. The first-order chi connectivity index (χ1) is 13.2. The molecular formula is C21H22N4O2. The molecule has 3 aromatic rings. The molecule has 6 heteroatoms. The van der Waals surface area contributed by atoms with Crippen molar-refractivity contribution in [1.29, 1.82) is 0 Å². The maximum atomic E-state index is 12.9. The highest BCUT2D eigenvalue weighted by molar-refractivity contribution is 6.04. The van der Waals surface area contributed by atoms with Crippen molar-refractivity contribution in [1.82, 2.24) is 9.97 Å². The summed E-state index contributed by atoms with van der Waals surface area (Å²) in [5, 5.41) is 3.12. The highest BCUT2D eigenvalue weighted by Gasteiger charge is 2.18. The Labute approximate surface area is 158 Å². The van der Waals surface area contributed by atoms with Crippen molar-refractivity contribution in [2.45, 2.75) is 13.8 Å². The van der Waals surface area contributed by atoms with E-state index in [1.54, 1.807) is 17.2 Å². The number of benzene rings is 2. The second-order valence-electron chi connectivity index (χ2n) is 5.73. The molecule has 0 saturated heterocycles. The Hall–Kier alpha value is -3.41. The summed E-state index contributed by atoms with van der Waals surface area (Å²) < 4.78 is 5.43. The summed E-state index contributed by atoms with van der Waals surface area (Å²) in [6.45, 7) is 5.05. The lowest BCUT2D eigenvalue weighted by atomic mass is 10.2. The summed E-state index contributed by atoms with van der Waals surface area (Å²) in [6, 6.07) is 18.7. The SMILES string of the molecule is CCOc1ccc(Nc2nccc(C(=O)N(CC)c3ccccc3)n2)cc1. The van der Waals surface area contributed by atoms with E-state index in [-0.39, 0.29) is 5.91 Å². The molecule has 0 fully saturated rings. The van der Waals surface area contributed by atoms with E-state index in [2.05, 4.69) is 15.3 Å². The van der Waals surface area contributed by atoms with Gasteiger partial charge in [-0.2, -0.15) is 0 Å². The number of amides is 1. The minimum Gasteiger partial charge on any atom is -0.494 e. The van der Waals surface area contributed by atoms with Crippen LogP contribution in [0.3, 0.4) is 0 Å². The summed E-state index contributed by atoms with van der Waals surface area (Å²) >= 11 is 0. The Balaban J connectivity index is 1.77. The van der Waals surface area contributed by atoms with Crippen molar-refractivity contribution in [2.75, 3.05) is 23.4 Å². The quantitative estimate of drug-likeness (QED) is 0.679. The molecule has 1 N–H and O–H groups in total. The van der Waals surface area contributed by atoms with Gasteiger partial charge in [0.2, 0.25) is 5.95 Å². The number of anilines is 3. The molecule has 0 aliphatic heterocycles. The van der Waals surface area contributed by atoms with Gasteiger partial charge in [-0.25, -0.2) is 9.97 Å². The van der Waals surface area contributed by atoms with E-state index in [0.29, 0.717) is 24.8 Å². The zero-order valence-corrected chi connectivity index (χ0v) is 15.4. The normalized spacial score (nSPS) is 10.3. The Morgan fingerprint density at radius 1 is 1.04 bits per heavy atom. The van der Waals surface area contributed by atoms with Crippen molar-refractivity contribution >= 4 is 23.2 Å². The predicted molar refractivity (Wildman–Crippen MR) is 107 cm³/mol. The number of ether oxygens (including phenoxy) is 1. The third-order valence-corrected chi connectivity index (χ3v) is 3.93. The van der Waals surface area contributed by atoms with Gasteiger partial charge in [-0.1, -0.05) is 18.2 Å². The number of rotatable bonds is 7. The second-order valence-corrected chi connectivity index (χ2v) is 5.73. The van der Waals surface area contributed by atoms with Gasteiger partial charge in [-0.15, -0.1) is 0 Å². The third-order valence-electron chi connectivity index (χ3n) is 3.93. The van der Waals surface area contributed by atoms with Crippen LogP contribution < -0.4 is 15.0 Å². The van der Waals surface area contributed by atoms with Gasteiger partial charge >= 0.3 is 0 Å². The van der Waals surface area contributed by atoms with E-state index in [1.807, 2.05) is 68.4 Å². The number of nitrogens with zero attached hydrogens (tertiary/aromatic N) is 3. The molecule has 0 bridgehead atoms. The highest BCUT2D eigenvalue weighted by Crippen LogP contribution is 2.19. The molecule has 0 spiro atoms. The molecule has 1 aromatic heterocycles. The highest BCUT2D eigenvalue weighted by atomic mass is 16.5. The van der Waals surface area contributed by atoms with Crippen LogP contribution >= 0.6 is 0 Å². The van der Waals surface area contributed by atoms with Crippen molar-refractivity contribution in [3.05, 3.63) is 72.6 Å². The van der Waals surface area contributed by atoms with Gasteiger partial charge in [-0.3, -0.25) is 4.79 Å². The Kier molecular flexibility index (Phi) is 5.99. The van der Waals surface area contributed by atoms with Crippen molar-refractivity contribution in [3.8, 4) is 5.75 Å². The molecule has 1 amide bonds. The van der Waals surface area contributed by atoms with Crippen LogP contribution in [-0.4, -0.2) is 29.0 Å². The first-order valence-electron chi connectivity index (χ1n) is 8.91. The fourth-order valence-electron chi connectivity index (χ4n) is 2.66. The molecule has 3 rings (SSSR count). The van der Waals surface area contributed by atoms with Crippen LogP contribution in [0.15, 0.2) is 66.9 Å². The van der Waals surface area contributed by atoms with Crippen LogP contribution in [0.1, 0.15) is 24.3 Å². The maximum Gasteiger partial charge on any atom is 0.277 e. The van der Waals surface area contributed by atoms with Crippen LogP contribution in [-0.2, 0) is 0 Å². The summed E-state index contributed by atoms with van der Waals surface area (Å²) in [7, 11) is 0. The molecule has 6 nitrogen and oxygen atoms in total. The van der Waals surface area contributed by atoms with Crippen LogP contribution in [0.2, 0.25) is 0 Å².